The highest BCUT2D eigenvalue weighted by Gasteiger charge is 2.20. The van der Waals surface area contributed by atoms with Crippen molar-refractivity contribution in [3.8, 4) is 0 Å². The zero-order chi connectivity index (χ0) is 14.4. The van der Waals surface area contributed by atoms with Gasteiger partial charge in [-0.25, -0.2) is 13.1 Å². The molecule has 1 aromatic rings. The molecule has 0 unspecified atom stereocenters. The first-order valence-electron chi connectivity index (χ1n) is 7.39. The number of hydrogen-bond donors (Lipinski definition) is 2. The van der Waals surface area contributed by atoms with Gasteiger partial charge in [-0.2, -0.15) is 0 Å². The molecule has 1 saturated carbocycles. The molecule has 20 heavy (non-hydrogen) atoms. The number of thiophene rings is 1. The van der Waals surface area contributed by atoms with Crippen molar-refractivity contribution >= 4 is 21.4 Å². The van der Waals surface area contributed by atoms with Crippen LogP contribution in [-0.2, 0) is 16.6 Å². The van der Waals surface area contributed by atoms with Crippen molar-refractivity contribution in [2.75, 3.05) is 13.1 Å². The third kappa shape index (κ3) is 4.55. The van der Waals surface area contributed by atoms with E-state index in [1.807, 2.05) is 5.38 Å². The predicted molar refractivity (Wildman–Crippen MR) is 83.5 cm³/mol. The zero-order valence-corrected chi connectivity index (χ0v) is 13.7. The molecule has 114 valence electrons. The van der Waals surface area contributed by atoms with E-state index in [1.54, 1.807) is 6.07 Å². The van der Waals surface area contributed by atoms with Crippen LogP contribution in [0.5, 0.6) is 0 Å². The van der Waals surface area contributed by atoms with Crippen molar-refractivity contribution in [1.82, 2.24) is 10.0 Å². The van der Waals surface area contributed by atoms with Crippen LogP contribution in [0.3, 0.4) is 0 Å². The van der Waals surface area contributed by atoms with Gasteiger partial charge in [0, 0.05) is 13.1 Å². The van der Waals surface area contributed by atoms with Gasteiger partial charge in [-0.1, -0.05) is 26.2 Å². The van der Waals surface area contributed by atoms with Crippen LogP contribution >= 0.6 is 11.3 Å². The van der Waals surface area contributed by atoms with Gasteiger partial charge in [0.2, 0.25) is 10.0 Å². The molecule has 0 aromatic carbocycles. The Morgan fingerprint density at radius 2 is 2.15 bits per heavy atom. The molecule has 1 aliphatic carbocycles. The third-order valence-corrected chi connectivity index (χ3v) is 6.67. The summed E-state index contributed by atoms with van der Waals surface area (Å²) >= 11 is 1.30. The Morgan fingerprint density at radius 1 is 1.35 bits per heavy atom. The molecule has 0 aliphatic heterocycles. The van der Waals surface area contributed by atoms with Crippen LogP contribution in [0.4, 0.5) is 0 Å². The summed E-state index contributed by atoms with van der Waals surface area (Å²) in [6, 6.07) is 1.78. The number of nitrogens with one attached hydrogen (secondary N) is 2. The average Bonchev–Trinajstić information content (AvgIpc) is 2.82. The molecule has 0 spiro atoms. The smallest absolute Gasteiger partial charge is 0.250 e. The van der Waals surface area contributed by atoms with Crippen molar-refractivity contribution in [3.05, 3.63) is 17.0 Å². The number of rotatable bonds is 9. The fourth-order valence-electron chi connectivity index (χ4n) is 2.25. The maximum absolute atomic E-state index is 12.1. The first-order valence-corrected chi connectivity index (χ1v) is 9.76. The molecule has 4 nitrogen and oxygen atoms in total. The molecular formula is C14H24N2O2S2. The molecule has 2 N–H and O–H groups in total. The molecule has 0 saturated heterocycles. The summed E-state index contributed by atoms with van der Waals surface area (Å²) in [4.78, 5) is 0. The van der Waals surface area contributed by atoms with Crippen LogP contribution < -0.4 is 10.0 Å². The van der Waals surface area contributed by atoms with Crippen molar-refractivity contribution in [3.63, 3.8) is 0 Å². The lowest BCUT2D eigenvalue weighted by Crippen LogP contribution is -2.27. The van der Waals surface area contributed by atoms with E-state index in [4.69, 9.17) is 0 Å². The molecule has 0 amide bonds. The monoisotopic (exact) mass is 316 g/mol. The Morgan fingerprint density at radius 3 is 2.80 bits per heavy atom. The van der Waals surface area contributed by atoms with Crippen LogP contribution in [0, 0.1) is 5.92 Å². The van der Waals surface area contributed by atoms with Gasteiger partial charge in [0.15, 0.2) is 0 Å². The zero-order valence-electron chi connectivity index (χ0n) is 12.0. The molecule has 2 rings (SSSR count). The molecule has 0 atom stereocenters. The first-order chi connectivity index (χ1) is 9.62. The molecule has 1 heterocycles. The molecule has 0 radical (unpaired) electrons. The predicted octanol–water partition coefficient (Wildman–Crippen LogP) is 2.72. The van der Waals surface area contributed by atoms with E-state index in [9.17, 15) is 8.42 Å². The molecular weight excluding hydrogens is 292 g/mol. The highest BCUT2D eigenvalue weighted by molar-refractivity contribution is 7.91. The number of sulfonamides is 1. The van der Waals surface area contributed by atoms with Crippen LogP contribution in [0.1, 0.15) is 44.6 Å². The fraction of sp³-hybridized carbons (Fsp3) is 0.714. The van der Waals surface area contributed by atoms with Crippen LogP contribution in [0.15, 0.2) is 15.7 Å². The van der Waals surface area contributed by atoms with Gasteiger partial charge in [-0.3, -0.25) is 0 Å². The Labute approximate surface area is 126 Å². The summed E-state index contributed by atoms with van der Waals surface area (Å²) in [5, 5.41) is 5.20. The van der Waals surface area contributed by atoms with Gasteiger partial charge in [0.25, 0.3) is 0 Å². The Hall–Kier alpha value is -0.430. The van der Waals surface area contributed by atoms with Crippen molar-refractivity contribution in [2.45, 2.75) is 49.8 Å². The molecule has 1 aliphatic rings. The van der Waals surface area contributed by atoms with Gasteiger partial charge in [-0.05, 0) is 42.3 Å². The highest BCUT2D eigenvalue weighted by Crippen LogP contribution is 2.29. The lowest BCUT2D eigenvalue weighted by molar-refractivity contribution is 0.297. The highest BCUT2D eigenvalue weighted by atomic mass is 32.2. The van der Waals surface area contributed by atoms with E-state index >= 15 is 0 Å². The second-order valence-corrected chi connectivity index (χ2v) is 8.34. The second kappa shape index (κ2) is 7.54. The summed E-state index contributed by atoms with van der Waals surface area (Å²) in [6.45, 7) is 4.37. The van der Waals surface area contributed by atoms with Crippen molar-refractivity contribution in [2.24, 2.45) is 5.92 Å². The van der Waals surface area contributed by atoms with Crippen molar-refractivity contribution in [1.29, 1.82) is 0 Å². The van der Waals surface area contributed by atoms with Crippen LogP contribution in [0.25, 0.3) is 0 Å². The van der Waals surface area contributed by atoms with E-state index in [1.165, 1.54) is 30.6 Å². The standard InChI is InChI=1S/C14H24N2O2S2/c1-2-7-15-10-13-9-14(19-11-13)20(17,18)16-8-6-12-4-3-5-12/h9,11-12,15-16H,2-8,10H2,1H3. The van der Waals surface area contributed by atoms with E-state index in [0.717, 1.165) is 37.4 Å². The van der Waals surface area contributed by atoms with E-state index in [-0.39, 0.29) is 0 Å². The second-order valence-electron chi connectivity index (χ2n) is 5.43. The Bertz CT molecular complexity index is 507. The quantitative estimate of drug-likeness (QED) is 0.689. The third-order valence-electron chi connectivity index (χ3n) is 3.72. The van der Waals surface area contributed by atoms with Gasteiger partial charge in [0.05, 0.1) is 0 Å². The molecule has 0 bridgehead atoms. The first kappa shape index (κ1) is 15.9. The SMILES string of the molecule is CCCNCc1csc(S(=O)(=O)NCCC2CCC2)c1. The summed E-state index contributed by atoms with van der Waals surface area (Å²) in [6.07, 6.45) is 5.87. The molecule has 1 fully saturated rings. The Kier molecular flexibility index (Phi) is 6.01. The van der Waals surface area contributed by atoms with Gasteiger partial charge < -0.3 is 5.32 Å². The lowest BCUT2D eigenvalue weighted by Gasteiger charge is -2.24. The lowest BCUT2D eigenvalue weighted by atomic mass is 9.83. The van der Waals surface area contributed by atoms with Crippen LogP contribution in [0.2, 0.25) is 0 Å². The van der Waals surface area contributed by atoms with Gasteiger partial charge in [0.1, 0.15) is 4.21 Å². The Balaban J connectivity index is 1.81. The van der Waals surface area contributed by atoms with Crippen molar-refractivity contribution < 1.29 is 8.42 Å². The topological polar surface area (TPSA) is 58.2 Å². The summed E-state index contributed by atoms with van der Waals surface area (Å²) in [7, 11) is -3.31. The van der Waals surface area contributed by atoms with E-state index < -0.39 is 10.0 Å². The normalized spacial score (nSPS) is 16.2. The van der Waals surface area contributed by atoms with Gasteiger partial charge >= 0.3 is 0 Å². The maximum Gasteiger partial charge on any atom is 0.250 e. The maximum atomic E-state index is 12.1. The minimum Gasteiger partial charge on any atom is -0.313 e. The summed E-state index contributed by atoms with van der Waals surface area (Å²) in [5.41, 5.74) is 1.04. The minimum absolute atomic E-state index is 0.430. The minimum atomic E-state index is -3.31. The van der Waals surface area contributed by atoms with E-state index in [0.29, 0.717) is 10.8 Å². The summed E-state index contributed by atoms with van der Waals surface area (Å²) in [5.74, 6) is 0.731. The fourth-order valence-corrected chi connectivity index (χ4v) is 4.55. The molecule has 1 aromatic heterocycles. The summed E-state index contributed by atoms with van der Waals surface area (Å²) < 4.78 is 27.4. The number of hydrogen-bond acceptors (Lipinski definition) is 4. The average molecular weight is 316 g/mol. The van der Waals surface area contributed by atoms with Gasteiger partial charge in [-0.15, -0.1) is 11.3 Å². The van der Waals surface area contributed by atoms with E-state index in [2.05, 4.69) is 17.0 Å². The van der Waals surface area contributed by atoms with Crippen LogP contribution in [-0.4, -0.2) is 21.5 Å². The molecule has 6 heteroatoms. The largest absolute Gasteiger partial charge is 0.313 e.